The molecule has 0 radical (unpaired) electrons. The number of rotatable bonds is 4. The van der Waals surface area contributed by atoms with E-state index in [1.165, 1.54) is 28.3 Å². The highest BCUT2D eigenvalue weighted by Gasteiger charge is 2.56. The third-order valence-corrected chi connectivity index (χ3v) is 4.66. The van der Waals surface area contributed by atoms with Gasteiger partial charge in [0.05, 0.1) is 32.8 Å². The zero-order chi connectivity index (χ0) is 18.8. The molecule has 2 rings (SSSR count). The fourth-order valence-electron chi connectivity index (χ4n) is 3.52. The minimum atomic E-state index is -1.65. The van der Waals surface area contributed by atoms with Crippen molar-refractivity contribution in [2.45, 2.75) is 24.9 Å². The van der Waals surface area contributed by atoms with Gasteiger partial charge in [-0.05, 0) is 24.6 Å². The molecule has 136 valence electrons. The lowest BCUT2D eigenvalue weighted by Crippen LogP contribution is -2.55. The van der Waals surface area contributed by atoms with Gasteiger partial charge in [-0.3, -0.25) is 14.4 Å². The molecule has 1 aliphatic rings. The van der Waals surface area contributed by atoms with Gasteiger partial charge in [-0.15, -0.1) is 0 Å². The summed E-state index contributed by atoms with van der Waals surface area (Å²) in [6.07, 6.45) is -0.340. The highest BCUT2D eigenvalue weighted by Crippen LogP contribution is 2.47. The van der Waals surface area contributed by atoms with E-state index >= 15 is 0 Å². The fourth-order valence-corrected chi connectivity index (χ4v) is 3.52. The molecule has 0 unspecified atom stereocenters. The molecule has 1 aromatic rings. The van der Waals surface area contributed by atoms with Crippen LogP contribution in [0.25, 0.3) is 0 Å². The second-order valence-electron chi connectivity index (χ2n) is 6.30. The van der Waals surface area contributed by atoms with Gasteiger partial charge in [0, 0.05) is 12.3 Å². The lowest BCUT2D eigenvalue weighted by molar-refractivity contribution is -0.170. The van der Waals surface area contributed by atoms with Crippen molar-refractivity contribution in [1.29, 1.82) is 0 Å². The van der Waals surface area contributed by atoms with E-state index in [1.54, 1.807) is 24.3 Å². The van der Waals surface area contributed by atoms with Crippen LogP contribution < -0.4 is 4.74 Å². The van der Waals surface area contributed by atoms with E-state index < -0.39 is 41.1 Å². The number of benzene rings is 1. The standard InChI is InChI=1S/C18H22O7/c1-18(22)9-12(19)14(16(20)24-3)13(15(18)17(21)25-4)10-6-5-7-11(8-10)23-2/h5-8,13-15,22H,9H2,1-4H3/t13-,14+,15-,18-/m1/s1. The number of ketones is 1. The highest BCUT2D eigenvalue weighted by molar-refractivity contribution is 6.02. The molecule has 0 spiro atoms. The van der Waals surface area contributed by atoms with Crippen molar-refractivity contribution in [3.05, 3.63) is 29.8 Å². The van der Waals surface area contributed by atoms with Gasteiger partial charge in [0.1, 0.15) is 11.7 Å². The Morgan fingerprint density at radius 3 is 2.36 bits per heavy atom. The average Bonchev–Trinajstić information content (AvgIpc) is 2.59. The third-order valence-electron chi connectivity index (χ3n) is 4.66. The van der Waals surface area contributed by atoms with E-state index in [9.17, 15) is 19.5 Å². The van der Waals surface area contributed by atoms with Gasteiger partial charge in [0.15, 0.2) is 5.78 Å². The summed E-state index contributed by atoms with van der Waals surface area (Å²) in [5.41, 5.74) is -1.14. The Bertz CT molecular complexity index is 680. The summed E-state index contributed by atoms with van der Waals surface area (Å²) in [4.78, 5) is 37.2. The van der Waals surface area contributed by atoms with Gasteiger partial charge < -0.3 is 19.3 Å². The SMILES string of the molecule is COC(=O)[C@H]1C(=O)C[C@@](C)(O)[C@@H](C(=O)OC)[C@@H]1c1cccc(OC)c1. The smallest absolute Gasteiger partial charge is 0.316 e. The first kappa shape index (κ1) is 18.9. The minimum absolute atomic E-state index is 0.340. The van der Waals surface area contributed by atoms with Crippen molar-refractivity contribution >= 4 is 17.7 Å². The first-order valence-corrected chi connectivity index (χ1v) is 7.81. The summed E-state index contributed by atoms with van der Waals surface area (Å²) < 4.78 is 14.8. The molecular formula is C18H22O7. The van der Waals surface area contributed by atoms with E-state index in [1.807, 2.05) is 0 Å². The lowest BCUT2D eigenvalue weighted by atomic mass is 9.61. The van der Waals surface area contributed by atoms with Gasteiger partial charge in [-0.1, -0.05) is 12.1 Å². The molecule has 0 aromatic heterocycles. The topological polar surface area (TPSA) is 99.1 Å². The zero-order valence-corrected chi connectivity index (χ0v) is 14.6. The maximum atomic E-state index is 12.6. The summed E-state index contributed by atoms with van der Waals surface area (Å²) in [7, 11) is 3.86. The van der Waals surface area contributed by atoms with Crippen LogP contribution in [0, 0.1) is 11.8 Å². The maximum absolute atomic E-state index is 12.6. The van der Waals surface area contributed by atoms with Crippen LogP contribution >= 0.6 is 0 Å². The summed E-state index contributed by atoms with van der Waals surface area (Å²) >= 11 is 0. The second-order valence-corrected chi connectivity index (χ2v) is 6.30. The zero-order valence-electron chi connectivity index (χ0n) is 14.6. The van der Waals surface area contributed by atoms with Gasteiger partial charge in [-0.2, -0.15) is 0 Å². The largest absolute Gasteiger partial charge is 0.497 e. The van der Waals surface area contributed by atoms with Crippen LogP contribution in [0.1, 0.15) is 24.8 Å². The van der Waals surface area contributed by atoms with E-state index in [0.717, 1.165) is 0 Å². The number of hydrogen-bond acceptors (Lipinski definition) is 7. The normalized spacial score (nSPS) is 29.0. The van der Waals surface area contributed by atoms with E-state index in [2.05, 4.69) is 0 Å². The van der Waals surface area contributed by atoms with Crippen LogP contribution in [-0.2, 0) is 23.9 Å². The van der Waals surface area contributed by atoms with Crippen LogP contribution in [0.5, 0.6) is 5.75 Å². The van der Waals surface area contributed by atoms with Gasteiger partial charge in [0.25, 0.3) is 0 Å². The Hall–Kier alpha value is -2.41. The third kappa shape index (κ3) is 3.51. The van der Waals surface area contributed by atoms with Crippen molar-refractivity contribution in [1.82, 2.24) is 0 Å². The first-order valence-electron chi connectivity index (χ1n) is 7.81. The summed E-state index contributed by atoms with van der Waals surface area (Å²) in [6.45, 7) is 1.40. The van der Waals surface area contributed by atoms with E-state index in [0.29, 0.717) is 11.3 Å². The predicted octanol–water partition coefficient (Wildman–Crippen LogP) is 1.08. The molecule has 7 heteroatoms. The molecule has 7 nitrogen and oxygen atoms in total. The Kier molecular flexibility index (Phi) is 5.47. The number of aliphatic hydroxyl groups is 1. The molecular weight excluding hydrogens is 328 g/mol. The average molecular weight is 350 g/mol. The molecule has 0 aliphatic heterocycles. The molecule has 25 heavy (non-hydrogen) atoms. The van der Waals surface area contributed by atoms with Crippen LogP contribution in [0.15, 0.2) is 24.3 Å². The van der Waals surface area contributed by atoms with Crippen molar-refractivity contribution in [2.24, 2.45) is 11.8 Å². The molecule has 0 amide bonds. The van der Waals surface area contributed by atoms with Gasteiger partial charge in [0.2, 0.25) is 0 Å². The van der Waals surface area contributed by atoms with Crippen molar-refractivity contribution in [2.75, 3.05) is 21.3 Å². The van der Waals surface area contributed by atoms with Crippen molar-refractivity contribution in [3.63, 3.8) is 0 Å². The molecule has 1 aliphatic carbocycles. The number of hydrogen-bond donors (Lipinski definition) is 1. The molecule has 4 atom stereocenters. The summed E-state index contributed by atoms with van der Waals surface area (Å²) in [6, 6.07) is 6.69. The highest BCUT2D eigenvalue weighted by atomic mass is 16.5. The van der Waals surface area contributed by atoms with Crippen molar-refractivity contribution < 1.29 is 33.7 Å². The molecule has 1 N–H and O–H groups in total. The quantitative estimate of drug-likeness (QED) is 0.641. The predicted molar refractivity (Wildman–Crippen MR) is 87.0 cm³/mol. The Labute approximate surface area is 145 Å². The van der Waals surface area contributed by atoms with Crippen LogP contribution in [0.4, 0.5) is 0 Å². The molecule has 0 saturated heterocycles. The molecule has 1 fully saturated rings. The maximum Gasteiger partial charge on any atom is 0.316 e. The van der Waals surface area contributed by atoms with Crippen LogP contribution in [0.3, 0.4) is 0 Å². The monoisotopic (exact) mass is 350 g/mol. The Balaban J connectivity index is 2.66. The number of carbonyl (C=O) groups excluding carboxylic acids is 3. The summed E-state index contributed by atoms with van der Waals surface area (Å²) in [5, 5.41) is 10.7. The number of methoxy groups -OCH3 is 3. The van der Waals surface area contributed by atoms with Gasteiger partial charge >= 0.3 is 11.9 Å². The lowest BCUT2D eigenvalue weighted by Gasteiger charge is -2.43. The van der Waals surface area contributed by atoms with Crippen LogP contribution in [0.2, 0.25) is 0 Å². The van der Waals surface area contributed by atoms with Crippen molar-refractivity contribution in [3.8, 4) is 5.75 Å². The summed E-state index contributed by atoms with van der Waals surface area (Å²) in [5.74, 6) is -4.66. The van der Waals surface area contributed by atoms with Gasteiger partial charge in [-0.25, -0.2) is 0 Å². The fraction of sp³-hybridized carbons (Fsp3) is 0.500. The van der Waals surface area contributed by atoms with E-state index in [-0.39, 0.29) is 6.42 Å². The number of esters is 2. The van der Waals surface area contributed by atoms with E-state index in [4.69, 9.17) is 14.2 Å². The Morgan fingerprint density at radius 2 is 1.80 bits per heavy atom. The second kappa shape index (κ2) is 7.23. The molecule has 0 bridgehead atoms. The molecule has 1 saturated carbocycles. The molecule has 1 aromatic carbocycles. The van der Waals surface area contributed by atoms with Crippen LogP contribution in [-0.4, -0.2) is 49.8 Å². The Morgan fingerprint density at radius 1 is 1.16 bits per heavy atom. The number of ether oxygens (including phenoxy) is 3. The molecule has 0 heterocycles. The number of carbonyl (C=O) groups is 3. The first-order chi connectivity index (χ1) is 11.8. The minimum Gasteiger partial charge on any atom is -0.497 e. The number of Topliss-reactive ketones (excluding diaryl/α,β-unsaturated/α-hetero) is 1.